The van der Waals surface area contributed by atoms with Crippen LogP contribution in [0.4, 0.5) is 16.3 Å². The smallest absolute Gasteiger partial charge is 0.308 e. The Kier molecular flexibility index (Phi) is 4.33. The van der Waals surface area contributed by atoms with Gasteiger partial charge in [0.1, 0.15) is 5.82 Å². The molecule has 0 saturated carbocycles. The number of pyridine rings is 1. The van der Waals surface area contributed by atoms with Gasteiger partial charge in [-0.25, -0.2) is 9.78 Å². The van der Waals surface area contributed by atoms with E-state index in [9.17, 15) is 4.79 Å². The predicted molar refractivity (Wildman–Crippen MR) is 78.7 cm³/mol. The highest BCUT2D eigenvalue weighted by Crippen LogP contribution is 2.16. The fraction of sp³-hybridized carbons (Fsp3) is 0. The van der Waals surface area contributed by atoms with Gasteiger partial charge >= 0.3 is 6.03 Å². The molecule has 4 nitrogen and oxygen atoms in total. The summed E-state index contributed by atoms with van der Waals surface area (Å²) in [6.45, 7) is 0. The van der Waals surface area contributed by atoms with E-state index in [0.29, 0.717) is 11.5 Å². The van der Waals surface area contributed by atoms with Crippen molar-refractivity contribution in [3.8, 4) is 0 Å². The van der Waals surface area contributed by atoms with Gasteiger partial charge < -0.3 is 5.32 Å². The van der Waals surface area contributed by atoms with Crippen LogP contribution in [0.15, 0.2) is 51.5 Å². The lowest BCUT2D eigenvalue weighted by atomic mass is 10.3. The molecule has 0 aliphatic heterocycles. The number of rotatable bonds is 2. The molecule has 0 fully saturated rings. The zero-order valence-corrected chi connectivity index (χ0v) is 12.3. The molecular weight excluding hydrogens is 362 g/mol. The fourth-order valence-electron chi connectivity index (χ4n) is 1.32. The number of carbonyl (C=O) groups is 1. The van der Waals surface area contributed by atoms with Gasteiger partial charge in [-0.2, -0.15) is 0 Å². The van der Waals surface area contributed by atoms with E-state index < -0.39 is 0 Å². The predicted octanol–water partition coefficient (Wildman–Crippen LogP) is 4.25. The van der Waals surface area contributed by atoms with Crippen molar-refractivity contribution >= 4 is 49.4 Å². The van der Waals surface area contributed by atoms with E-state index in [2.05, 4.69) is 47.5 Å². The lowest BCUT2D eigenvalue weighted by Gasteiger charge is -2.07. The van der Waals surface area contributed by atoms with Crippen molar-refractivity contribution in [3.63, 3.8) is 0 Å². The quantitative estimate of drug-likeness (QED) is 0.830. The Bertz CT molecular complexity index is 525. The van der Waals surface area contributed by atoms with Crippen molar-refractivity contribution < 1.29 is 4.79 Å². The Labute approximate surface area is 121 Å². The van der Waals surface area contributed by atoms with Gasteiger partial charge in [0.2, 0.25) is 0 Å². The molecule has 0 unspecified atom stereocenters. The van der Waals surface area contributed by atoms with Crippen LogP contribution in [-0.2, 0) is 0 Å². The van der Waals surface area contributed by atoms with Gasteiger partial charge in [0.05, 0.1) is 0 Å². The normalized spacial score (nSPS) is 9.89. The van der Waals surface area contributed by atoms with Crippen molar-refractivity contribution in [2.75, 3.05) is 10.6 Å². The van der Waals surface area contributed by atoms with E-state index in [0.717, 1.165) is 8.95 Å². The van der Waals surface area contributed by atoms with Gasteiger partial charge in [-0.1, -0.05) is 37.9 Å². The summed E-state index contributed by atoms with van der Waals surface area (Å²) in [5.41, 5.74) is 0.705. The first-order valence-electron chi connectivity index (χ1n) is 5.08. The van der Waals surface area contributed by atoms with Gasteiger partial charge in [-0.3, -0.25) is 5.32 Å². The Morgan fingerprint density at radius 3 is 2.56 bits per heavy atom. The van der Waals surface area contributed by atoms with Gasteiger partial charge in [0, 0.05) is 20.8 Å². The number of amides is 2. The number of carbonyl (C=O) groups excluding carboxylic acids is 1. The van der Waals surface area contributed by atoms with Crippen LogP contribution < -0.4 is 10.6 Å². The Morgan fingerprint density at radius 2 is 1.83 bits per heavy atom. The van der Waals surface area contributed by atoms with E-state index in [1.165, 1.54) is 0 Å². The number of hydrogen-bond donors (Lipinski definition) is 2. The van der Waals surface area contributed by atoms with Crippen molar-refractivity contribution in [1.82, 2.24) is 4.98 Å². The monoisotopic (exact) mass is 369 g/mol. The lowest BCUT2D eigenvalue weighted by molar-refractivity contribution is 0.262. The number of nitrogens with one attached hydrogen (secondary N) is 2. The summed E-state index contributed by atoms with van der Waals surface area (Å²) in [6, 6.07) is 10.5. The third-order valence-corrected chi connectivity index (χ3v) is 3.03. The molecule has 2 amide bonds. The molecule has 2 rings (SSSR count). The topological polar surface area (TPSA) is 54.0 Å². The molecule has 2 N–H and O–H groups in total. The number of halogens is 2. The zero-order valence-electron chi connectivity index (χ0n) is 9.15. The average molecular weight is 371 g/mol. The molecule has 0 atom stereocenters. The molecule has 6 heteroatoms. The molecule has 0 radical (unpaired) electrons. The summed E-state index contributed by atoms with van der Waals surface area (Å²) in [5, 5.41) is 5.36. The second-order valence-electron chi connectivity index (χ2n) is 3.45. The van der Waals surface area contributed by atoms with Crippen molar-refractivity contribution in [1.29, 1.82) is 0 Å². The second kappa shape index (κ2) is 5.97. The standard InChI is InChI=1S/C12H9Br2N3O/c13-8-2-1-3-10(6-8)16-12(18)17-11-7-9(14)4-5-15-11/h1-7H,(H2,15,16,17,18). The van der Waals surface area contributed by atoms with Crippen LogP contribution in [0.5, 0.6) is 0 Å². The van der Waals surface area contributed by atoms with Gasteiger partial charge in [-0.15, -0.1) is 0 Å². The van der Waals surface area contributed by atoms with Gasteiger partial charge in [0.25, 0.3) is 0 Å². The minimum atomic E-state index is -0.335. The summed E-state index contributed by atoms with van der Waals surface area (Å²) in [5.74, 6) is 0.483. The zero-order chi connectivity index (χ0) is 13.0. The third-order valence-electron chi connectivity index (χ3n) is 2.05. The second-order valence-corrected chi connectivity index (χ2v) is 5.28. The molecule has 1 aromatic heterocycles. The van der Waals surface area contributed by atoms with Gasteiger partial charge in [-0.05, 0) is 30.3 Å². The summed E-state index contributed by atoms with van der Waals surface area (Å²) in [6.07, 6.45) is 1.61. The van der Waals surface area contributed by atoms with Crippen molar-refractivity contribution in [2.45, 2.75) is 0 Å². The average Bonchev–Trinajstić information content (AvgIpc) is 2.28. The summed E-state index contributed by atoms with van der Waals surface area (Å²) >= 11 is 6.65. The molecular formula is C12H9Br2N3O. The van der Waals surface area contributed by atoms with E-state index in [4.69, 9.17) is 0 Å². The number of nitrogens with zero attached hydrogens (tertiary/aromatic N) is 1. The Hall–Kier alpha value is -1.40. The van der Waals surface area contributed by atoms with Crippen LogP contribution in [0.1, 0.15) is 0 Å². The van der Waals surface area contributed by atoms with Crippen LogP contribution >= 0.6 is 31.9 Å². The van der Waals surface area contributed by atoms with E-state index in [-0.39, 0.29) is 6.03 Å². The maximum absolute atomic E-state index is 11.7. The highest BCUT2D eigenvalue weighted by atomic mass is 79.9. The first kappa shape index (κ1) is 13.0. The van der Waals surface area contributed by atoms with Crippen LogP contribution in [0.3, 0.4) is 0 Å². The Morgan fingerprint density at radius 1 is 1.06 bits per heavy atom. The van der Waals surface area contributed by atoms with Crippen LogP contribution in [0.2, 0.25) is 0 Å². The van der Waals surface area contributed by atoms with E-state index in [1.54, 1.807) is 24.4 Å². The molecule has 0 spiro atoms. The van der Waals surface area contributed by atoms with E-state index in [1.807, 2.05) is 18.2 Å². The first-order chi connectivity index (χ1) is 8.63. The third kappa shape index (κ3) is 3.82. The molecule has 18 heavy (non-hydrogen) atoms. The van der Waals surface area contributed by atoms with Crippen LogP contribution in [0.25, 0.3) is 0 Å². The van der Waals surface area contributed by atoms with E-state index >= 15 is 0 Å². The number of anilines is 2. The fourth-order valence-corrected chi connectivity index (χ4v) is 2.05. The van der Waals surface area contributed by atoms with Crippen LogP contribution in [0, 0.1) is 0 Å². The van der Waals surface area contributed by atoms with Crippen molar-refractivity contribution in [3.05, 3.63) is 51.5 Å². The largest absolute Gasteiger partial charge is 0.324 e. The maximum atomic E-state index is 11.7. The highest BCUT2D eigenvalue weighted by Gasteiger charge is 2.03. The number of hydrogen-bond acceptors (Lipinski definition) is 2. The molecule has 0 saturated heterocycles. The number of aromatic nitrogens is 1. The van der Waals surface area contributed by atoms with Crippen molar-refractivity contribution in [2.24, 2.45) is 0 Å². The number of urea groups is 1. The summed E-state index contributed by atoms with van der Waals surface area (Å²) in [4.78, 5) is 15.7. The lowest BCUT2D eigenvalue weighted by Crippen LogP contribution is -2.19. The molecule has 1 heterocycles. The summed E-state index contributed by atoms with van der Waals surface area (Å²) in [7, 11) is 0. The molecule has 0 aliphatic rings. The first-order valence-corrected chi connectivity index (χ1v) is 6.67. The van der Waals surface area contributed by atoms with Crippen LogP contribution in [-0.4, -0.2) is 11.0 Å². The SMILES string of the molecule is O=C(Nc1cccc(Br)c1)Nc1cc(Br)ccn1. The molecule has 1 aromatic carbocycles. The molecule has 0 bridgehead atoms. The summed E-state index contributed by atoms with van der Waals surface area (Å²) < 4.78 is 1.76. The molecule has 92 valence electrons. The minimum absolute atomic E-state index is 0.335. The highest BCUT2D eigenvalue weighted by molar-refractivity contribution is 9.10. The minimum Gasteiger partial charge on any atom is -0.308 e. The Balaban J connectivity index is 2.01. The maximum Gasteiger partial charge on any atom is 0.324 e. The van der Waals surface area contributed by atoms with Gasteiger partial charge in [0.15, 0.2) is 0 Å². The molecule has 0 aliphatic carbocycles. The number of benzene rings is 1. The molecule has 2 aromatic rings.